The molecule has 1 aliphatic heterocycles. The molecule has 1 fully saturated rings. The molecule has 0 unspecified atom stereocenters. The van der Waals surface area contributed by atoms with E-state index in [1.807, 2.05) is 30.9 Å². The zero-order valence-electron chi connectivity index (χ0n) is 12.6. The molecule has 0 bridgehead atoms. The second-order valence-corrected chi connectivity index (χ2v) is 6.05. The lowest BCUT2D eigenvalue weighted by molar-refractivity contribution is 0.205. The van der Waals surface area contributed by atoms with Crippen LogP contribution in [0.1, 0.15) is 29.9 Å². The van der Waals surface area contributed by atoms with Gasteiger partial charge in [0.15, 0.2) is 0 Å². The summed E-state index contributed by atoms with van der Waals surface area (Å²) in [5.41, 5.74) is 3.76. The lowest BCUT2D eigenvalue weighted by Crippen LogP contribution is -2.32. The highest BCUT2D eigenvalue weighted by molar-refractivity contribution is 5.79. The van der Waals surface area contributed by atoms with Crippen LogP contribution in [0, 0.1) is 0 Å². The number of nitrogens with one attached hydrogen (secondary N) is 1. The summed E-state index contributed by atoms with van der Waals surface area (Å²) in [6.45, 7) is 3.30. The van der Waals surface area contributed by atoms with Crippen LogP contribution in [-0.2, 0) is 6.54 Å². The Hall–Kier alpha value is -2.20. The van der Waals surface area contributed by atoms with Crippen molar-refractivity contribution in [1.29, 1.82) is 0 Å². The maximum Gasteiger partial charge on any atom is 0.137 e. The molecule has 3 aromatic heterocycles. The van der Waals surface area contributed by atoms with Crippen LogP contribution in [-0.4, -0.2) is 32.9 Å². The van der Waals surface area contributed by atoms with E-state index >= 15 is 0 Å². The standard InChI is InChI=1S/C18H20N4/c1-2-14(12-19-7-1)13-22-10-5-15(6-11-22)16-3-8-20-18-17(16)4-9-21-18/h1-4,7-9,12,15H,5-6,10-11,13H2,(H,20,21). The smallest absolute Gasteiger partial charge is 0.137 e. The summed E-state index contributed by atoms with van der Waals surface area (Å²) in [4.78, 5) is 14.3. The van der Waals surface area contributed by atoms with Gasteiger partial charge in [0.05, 0.1) is 0 Å². The monoisotopic (exact) mass is 292 g/mol. The van der Waals surface area contributed by atoms with E-state index < -0.39 is 0 Å². The third kappa shape index (κ3) is 2.62. The lowest BCUT2D eigenvalue weighted by Gasteiger charge is -2.32. The summed E-state index contributed by atoms with van der Waals surface area (Å²) in [5, 5.41) is 1.29. The largest absolute Gasteiger partial charge is 0.346 e. The number of hydrogen-bond acceptors (Lipinski definition) is 3. The Morgan fingerprint density at radius 3 is 2.86 bits per heavy atom. The van der Waals surface area contributed by atoms with Gasteiger partial charge in [0.25, 0.3) is 0 Å². The first kappa shape index (κ1) is 13.5. The molecule has 4 rings (SSSR count). The quantitative estimate of drug-likeness (QED) is 0.805. The fourth-order valence-corrected chi connectivity index (χ4v) is 3.49. The van der Waals surface area contributed by atoms with Gasteiger partial charge in [-0.1, -0.05) is 6.07 Å². The number of pyridine rings is 2. The Labute approximate surface area is 130 Å². The predicted molar refractivity (Wildman–Crippen MR) is 87.6 cm³/mol. The van der Waals surface area contributed by atoms with Gasteiger partial charge in [0.2, 0.25) is 0 Å². The Morgan fingerprint density at radius 1 is 1.14 bits per heavy atom. The Kier molecular flexibility index (Phi) is 3.60. The van der Waals surface area contributed by atoms with Gasteiger partial charge in [-0.2, -0.15) is 0 Å². The van der Waals surface area contributed by atoms with Crippen LogP contribution in [0.5, 0.6) is 0 Å². The van der Waals surface area contributed by atoms with Crippen molar-refractivity contribution in [2.45, 2.75) is 25.3 Å². The van der Waals surface area contributed by atoms with Crippen molar-refractivity contribution in [3.8, 4) is 0 Å². The van der Waals surface area contributed by atoms with Crippen molar-refractivity contribution in [2.75, 3.05) is 13.1 Å². The van der Waals surface area contributed by atoms with E-state index in [1.165, 1.54) is 29.4 Å². The molecule has 0 atom stereocenters. The minimum Gasteiger partial charge on any atom is -0.346 e. The van der Waals surface area contributed by atoms with E-state index in [4.69, 9.17) is 0 Å². The second kappa shape index (κ2) is 5.89. The average Bonchev–Trinajstić information content (AvgIpc) is 3.05. The van der Waals surface area contributed by atoms with E-state index in [1.54, 1.807) is 0 Å². The number of nitrogens with zero attached hydrogens (tertiary/aromatic N) is 3. The van der Waals surface area contributed by atoms with Gasteiger partial charge in [0, 0.05) is 36.7 Å². The molecule has 1 N–H and O–H groups in total. The molecule has 1 saturated heterocycles. The lowest BCUT2D eigenvalue weighted by atomic mass is 9.88. The van der Waals surface area contributed by atoms with Crippen molar-refractivity contribution in [1.82, 2.24) is 19.9 Å². The summed E-state index contributed by atoms with van der Waals surface area (Å²) in [6.07, 6.45) is 10.1. The van der Waals surface area contributed by atoms with Gasteiger partial charge >= 0.3 is 0 Å². The highest BCUT2D eigenvalue weighted by Gasteiger charge is 2.22. The molecule has 3 aromatic rings. The van der Waals surface area contributed by atoms with Gasteiger partial charge in [-0.15, -0.1) is 0 Å². The topological polar surface area (TPSA) is 44.8 Å². The van der Waals surface area contributed by atoms with Crippen molar-refractivity contribution in [3.05, 3.63) is 60.2 Å². The molecular formula is C18H20N4. The summed E-state index contributed by atoms with van der Waals surface area (Å²) < 4.78 is 0. The maximum atomic E-state index is 4.39. The van der Waals surface area contributed by atoms with Crippen LogP contribution >= 0.6 is 0 Å². The number of fused-ring (bicyclic) bond motifs is 1. The van der Waals surface area contributed by atoms with Gasteiger partial charge in [-0.3, -0.25) is 9.88 Å². The second-order valence-electron chi connectivity index (χ2n) is 6.05. The summed E-state index contributed by atoms with van der Waals surface area (Å²) >= 11 is 0. The molecule has 4 nitrogen and oxygen atoms in total. The molecule has 4 heterocycles. The van der Waals surface area contributed by atoms with Gasteiger partial charge < -0.3 is 4.98 Å². The molecule has 0 radical (unpaired) electrons. The van der Waals surface area contributed by atoms with E-state index in [9.17, 15) is 0 Å². The first-order valence-corrected chi connectivity index (χ1v) is 7.93. The number of H-pyrrole nitrogens is 1. The van der Waals surface area contributed by atoms with Crippen molar-refractivity contribution >= 4 is 11.0 Å². The van der Waals surface area contributed by atoms with Crippen LogP contribution in [0.15, 0.2) is 49.1 Å². The van der Waals surface area contributed by atoms with Crippen LogP contribution in [0.2, 0.25) is 0 Å². The van der Waals surface area contributed by atoms with E-state index in [0.717, 1.165) is 25.3 Å². The van der Waals surface area contributed by atoms with Crippen LogP contribution in [0.25, 0.3) is 11.0 Å². The third-order valence-electron chi connectivity index (χ3n) is 4.65. The van der Waals surface area contributed by atoms with E-state index in [2.05, 4.69) is 38.1 Å². The van der Waals surface area contributed by atoms with E-state index in [-0.39, 0.29) is 0 Å². The molecule has 0 amide bonds. The molecule has 22 heavy (non-hydrogen) atoms. The first-order chi connectivity index (χ1) is 10.9. The molecule has 0 saturated carbocycles. The minimum absolute atomic E-state index is 0.645. The van der Waals surface area contributed by atoms with E-state index in [0.29, 0.717) is 5.92 Å². The van der Waals surface area contributed by atoms with Gasteiger partial charge in [0.1, 0.15) is 5.65 Å². The molecule has 4 heteroatoms. The highest BCUT2D eigenvalue weighted by atomic mass is 15.1. The van der Waals surface area contributed by atoms with Crippen molar-refractivity contribution in [3.63, 3.8) is 0 Å². The Morgan fingerprint density at radius 2 is 2.05 bits per heavy atom. The van der Waals surface area contributed by atoms with Crippen molar-refractivity contribution in [2.24, 2.45) is 0 Å². The van der Waals surface area contributed by atoms with Gasteiger partial charge in [-0.25, -0.2) is 4.98 Å². The first-order valence-electron chi connectivity index (χ1n) is 7.93. The SMILES string of the molecule is c1cncc(CN2CCC(c3ccnc4[nH]ccc34)CC2)c1. The summed E-state index contributed by atoms with van der Waals surface area (Å²) in [7, 11) is 0. The Bertz CT molecular complexity index is 742. The highest BCUT2D eigenvalue weighted by Crippen LogP contribution is 2.32. The number of piperidine rings is 1. The Balaban J connectivity index is 1.45. The van der Waals surface area contributed by atoms with Crippen LogP contribution in [0.3, 0.4) is 0 Å². The minimum atomic E-state index is 0.645. The molecular weight excluding hydrogens is 272 g/mol. The van der Waals surface area contributed by atoms with Crippen LogP contribution < -0.4 is 0 Å². The fraction of sp³-hybridized carbons (Fsp3) is 0.333. The molecule has 0 aromatic carbocycles. The molecule has 0 aliphatic carbocycles. The molecule has 0 spiro atoms. The number of aromatic nitrogens is 3. The normalized spacial score (nSPS) is 17.1. The summed E-state index contributed by atoms with van der Waals surface area (Å²) in [6, 6.07) is 8.52. The summed E-state index contributed by atoms with van der Waals surface area (Å²) in [5.74, 6) is 0.645. The third-order valence-corrected chi connectivity index (χ3v) is 4.65. The predicted octanol–water partition coefficient (Wildman–Crippen LogP) is 3.34. The molecule has 1 aliphatic rings. The number of likely N-dealkylation sites (tertiary alicyclic amines) is 1. The van der Waals surface area contributed by atoms with Crippen molar-refractivity contribution < 1.29 is 0 Å². The maximum absolute atomic E-state index is 4.39. The zero-order valence-corrected chi connectivity index (χ0v) is 12.6. The zero-order chi connectivity index (χ0) is 14.8. The number of aromatic amines is 1. The molecule has 112 valence electrons. The average molecular weight is 292 g/mol. The van der Waals surface area contributed by atoms with Gasteiger partial charge in [-0.05, 0) is 61.2 Å². The number of hydrogen-bond donors (Lipinski definition) is 1. The van der Waals surface area contributed by atoms with Crippen LogP contribution in [0.4, 0.5) is 0 Å². The fourth-order valence-electron chi connectivity index (χ4n) is 3.49. The number of rotatable bonds is 3.